The van der Waals surface area contributed by atoms with E-state index in [0.29, 0.717) is 0 Å². The van der Waals surface area contributed by atoms with Gasteiger partial charge in [-0.3, -0.25) is 0 Å². The molecule has 0 amide bonds. The maximum Gasteiger partial charge on any atom is 0.132 e. The van der Waals surface area contributed by atoms with E-state index in [-0.39, 0.29) is 0 Å². The second-order valence-corrected chi connectivity index (χ2v) is 15.7. The predicted octanol–water partition coefficient (Wildman–Crippen LogP) is 14.7. The van der Waals surface area contributed by atoms with Crippen LogP contribution >= 0.6 is 0 Å². The van der Waals surface area contributed by atoms with Gasteiger partial charge in [-0.1, -0.05) is 170 Å². The molecule has 10 aromatic carbocycles. The van der Waals surface area contributed by atoms with Crippen molar-refractivity contribution in [3.05, 3.63) is 235 Å². The van der Waals surface area contributed by atoms with E-state index in [1.54, 1.807) is 0 Å². The molecule has 0 aromatic heterocycles. The van der Waals surface area contributed by atoms with Gasteiger partial charge in [0.15, 0.2) is 0 Å². The van der Waals surface area contributed by atoms with E-state index in [9.17, 15) is 0 Å². The number of rotatable bonds is 4. The second-order valence-electron chi connectivity index (χ2n) is 15.7. The van der Waals surface area contributed by atoms with Gasteiger partial charge in [-0.2, -0.15) is 0 Å². The zero-order valence-electron chi connectivity index (χ0n) is 32.2. The quantitative estimate of drug-likeness (QED) is 0.144. The molecule has 0 bridgehead atoms. The van der Waals surface area contributed by atoms with Gasteiger partial charge in [-0.25, -0.2) is 0 Å². The number of fused-ring (bicyclic) bond motifs is 11. The Morgan fingerprint density at radius 3 is 1.32 bits per heavy atom. The fourth-order valence-electron chi connectivity index (χ4n) is 10.3. The number of anilines is 1. The number of hydrogen-bond donors (Lipinski definition) is 1. The lowest BCUT2D eigenvalue weighted by atomic mass is 9.66. The summed E-state index contributed by atoms with van der Waals surface area (Å²) in [6, 6.07) is 76.8. The highest BCUT2D eigenvalue weighted by Crippen LogP contribution is 2.63. The number of nitrogen functional groups attached to an aromatic ring is 1. The Labute approximate surface area is 343 Å². The SMILES string of the molecule is Nc1cccc2c1-c1cc(-c3c4ccccc4c(-c4cc(-c5ccccc5)cc(-c5ccccc5)c4)c4ccccc34)ccc1C21c2ccccc2Oc2ccccc21. The minimum absolute atomic E-state index is 0.585. The largest absolute Gasteiger partial charge is 0.457 e. The molecule has 2 N–H and O–H groups in total. The van der Waals surface area contributed by atoms with E-state index in [1.807, 2.05) is 6.07 Å². The van der Waals surface area contributed by atoms with Crippen LogP contribution in [0, 0.1) is 0 Å². The first-order valence-electron chi connectivity index (χ1n) is 20.3. The highest BCUT2D eigenvalue weighted by molar-refractivity contribution is 6.22. The summed E-state index contributed by atoms with van der Waals surface area (Å²) >= 11 is 0. The number of hydrogen-bond acceptors (Lipinski definition) is 2. The molecule has 10 aromatic rings. The molecule has 0 radical (unpaired) electrons. The van der Waals surface area contributed by atoms with Crippen molar-refractivity contribution in [1.82, 2.24) is 0 Å². The first kappa shape index (κ1) is 33.5. The molecule has 59 heavy (non-hydrogen) atoms. The molecule has 0 saturated heterocycles. The minimum Gasteiger partial charge on any atom is -0.457 e. The van der Waals surface area contributed by atoms with E-state index in [4.69, 9.17) is 10.5 Å². The molecule has 1 aliphatic heterocycles. The summed E-state index contributed by atoms with van der Waals surface area (Å²) in [5.74, 6) is 1.74. The monoisotopic (exact) mass is 751 g/mol. The number of para-hydroxylation sites is 2. The Kier molecular flexibility index (Phi) is 7.33. The zero-order valence-corrected chi connectivity index (χ0v) is 32.2. The molecule has 1 aliphatic carbocycles. The Morgan fingerprint density at radius 1 is 0.305 bits per heavy atom. The van der Waals surface area contributed by atoms with Crippen molar-refractivity contribution in [2.24, 2.45) is 0 Å². The Hall–Kier alpha value is -7.68. The third kappa shape index (κ3) is 4.87. The van der Waals surface area contributed by atoms with Crippen molar-refractivity contribution in [3.63, 3.8) is 0 Å². The molecular formula is C57H37NO. The molecule has 2 nitrogen and oxygen atoms in total. The lowest BCUT2D eigenvalue weighted by molar-refractivity contribution is 0.436. The summed E-state index contributed by atoms with van der Waals surface area (Å²) in [6.07, 6.45) is 0. The van der Waals surface area contributed by atoms with Crippen LogP contribution in [-0.4, -0.2) is 0 Å². The predicted molar refractivity (Wildman–Crippen MR) is 245 cm³/mol. The summed E-state index contributed by atoms with van der Waals surface area (Å²) in [5.41, 5.74) is 23.7. The van der Waals surface area contributed by atoms with Crippen molar-refractivity contribution < 1.29 is 4.74 Å². The summed E-state index contributed by atoms with van der Waals surface area (Å²) in [7, 11) is 0. The summed E-state index contributed by atoms with van der Waals surface area (Å²) in [5, 5.41) is 4.86. The van der Waals surface area contributed by atoms with Crippen molar-refractivity contribution in [2.45, 2.75) is 5.41 Å². The van der Waals surface area contributed by atoms with Crippen molar-refractivity contribution in [1.29, 1.82) is 0 Å². The van der Waals surface area contributed by atoms with Crippen LogP contribution in [0.1, 0.15) is 22.3 Å². The second kappa shape index (κ2) is 12.9. The summed E-state index contributed by atoms with van der Waals surface area (Å²) < 4.78 is 6.60. The van der Waals surface area contributed by atoms with Crippen LogP contribution in [0.5, 0.6) is 11.5 Å². The molecule has 12 rings (SSSR count). The molecule has 0 unspecified atom stereocenters. The van der Waals surface area contributed by atoms with Gasteiger partial charge in [0.05, 0.1) is 5.41 Å². The van der Waals surface area contributed by atoms with E-state index < -0.39 is 5.41 Å². The van der Waals surface area contributed by atoms with E-state index >= 15 is 0 Å². The highest BCUT2D eigenvalue weighted by Gasteiger charge is 2.51. The summed E-state index contributed by atoms with van der Waals surface area (Å²) in [4.78, 5) is 0. The normalized spacial score (nSPS) is 13.1. The van der Waals surface area contributed by atoms with Crippen LogP contribution in [0.15, 0.2) is 212 Å². The molecule has 276 valence electrons. The molecule has 0 saturated carbocycles. The fourth-order valence-corrected chi connectivity index (χ4v) is 10.3. The molecule has 1 heterocycles. The summed E-state index contributed by atoms with van der Waals surface area (Å²) in [6.45, 7) is 0. The van der Waals surface area contributed by atoms with Gasteiger partial charge in [0, 0.05) is 22.4 Å². The maximum atomic E-state index is 7.05. The smallest absolute Gasteiger partial charge is 0.132 e. The van der Waals surface area contributed by atoms with Gasteiger partial charge >= 0.3 is 0 Å². The molecular weight excluding hydrogens is 715 g/mol. The van der Waals surface area contributed by atoms with E-state index in [0.717, 1.165) is 45.0 Å². The lowest BCUT2D eigenvalue weighted by Crippen LogP contribution is -2.32. The van der Waals surface area contributed by atoms with Crippen LogP contribution in [0.2, 0.25) is 0 Å². The number of ether oxygens (including phenoxy) is 1. The van der Waals surface area contributed by atoms with E-state index in [2.05, 4.69) is 206 Å². The third-order valence-corrected chi connectivity index (χ3v) is 12.7. The van der Waals surface area contributed by atoms with Crippen molar-refractivity contribution in [2.75, 3.05) is 5.73 Å². The van der Waals surface area contributed by atoms with Crippen molar-refractivity contribution in [3.8, 4) is 67.1 Å². The zero-order chi connectivity index (χ0) is 39.1. The highest BCUT2D eigenvalue weighted by atomic mass is 16.5. The standard InChI is InChI=1S/C57H37NO/c58-51-27-15-26-50-56(51)46-35-38(30-31-47(46)57(50)48-24-11-13-28-52(48)59-53-29-14-12-25-49(53)57)54-42-20-7-9-22-44(42)55(45-23-10-8-21-43(45)54)41-33-39(36-16-3-1-4-17-36)32-40(34-41)37-18-5-2-6-19-37/h1-35H,58H2. The average molecular weight is 752 g/mol. The lowest BCUT2D eigenvalue weighted by Gasteiger charge is -2.39. The fraction of sp³-hybridized carbons (Fsp3) is 0.0175. The molecule has 1 spiro atoms. The van der Waals surface area contributed by atoms with Crippen LogP contribution in [0.3, 0.4) is 0 Å². The van der Waals surface area contributed by atoms with Gasteiger partial charge in [0.25, 0.3) is 0 Å². The third-order valence-electron chi connectivity index (χ3n) is 12.7. The number of benzene rings is 10. The van der Waals surface area contributed by atoms with Crippen LogP contribution in [0.25, 0.3) is 77.2 Å². The van der Waals surface area contributed by atoms with Gasteiger partial charge in [0.1, 0.15) is 11.5 Å². The molecule has 2 aliphatic rings. The van der Waals surface area contributed by atoms with Gasteiger partial charge in [-0.05, 0) is 125 Å². The van der Waals surface area contributed by atoms with Gasteiger partial charge < -0.3 is 10.5 Å². The Balaban J connectivity index is 1.14. The van der Waals surface area contributed by atoms with Gasteiger partial charge in [-0.15, -0.1) is 0 Å². The van der Waals surface area contributed by atoms with E-state index in [1.165, 1.54) is 71.6 Å². The van der Waals surface area contributed by atoms with Crippen LogP contribution in [-0.2, 0) is 5.41 Å². The van der Waals surface area contributed by atoms with Crippen molar-refractivity contribution >= 4 is 27.2 Å². The molecule has 0 atom stereocenters. The molecule has 2 heteroatoms. The first-order chi connectivity index (χ1) is 29.2. The molecule has 0 fully saturated rings. The first-order valence-corrected chi connectivity index (χ1v) is 20.3. The van der Waals surface area contributed by atoms with Gasteiger partial charge in [0.2, 0.25) is 0 Å². The van der Waals surface area contributed by atoms with Crippen LogP contribution in [0.4, 0.5) is 5.69 Å². The maximum absolute atomic E-state index is 7.05. The topological polar surface area (TPSA) is 35.2 Å². The Bertz CT molecular complexity index is 3150. The van der Waals surface area contributed by atoms with Crippen LogP contribution < -0.4 is 10.5 Å². The Morgan fingerprint density at radius 2 is 0.763 bits per heavy atom. The number of nitrogens with two attached hydrogens (primary N) is 1. The average Bonchev–Trinajstić information content (AvgIpc) is 3.59. The minimum atomic E-state index is -0.585.